The third kappa shape index (κ3) is 9.66. The standard InChI is InChI=1S/C27H34N4O7/c1-16(2)23(28)26(36)30-20(14-18-11-7-4-8-12-18)24(34)29-19(13-17-9-5-3-6-10-17)25(35)31-21(27(37)38)15-22(32)33/h3-12,16,19-21,23H,13-15,28H2,1-2H3,(H,29,34)(H,30,36)(H,31,35)(H,32,33)(H,37,38). The molecule has 0 radical (unpaired) electrons. The highest BCUT2D eigenvalue weighted by atomic mass is 16.4. The second kappa shape index (κ2) is 14.5. The summed E-state index contributed by atoms with van der Waals surface area (Å²) in [4.78, 5) is 61.8. The molecule has 4 atom stereocenters. The van der Waals surface area contributed by atoms with Crippen LogP contribution in [0.4, 0.5) is 0 Å². The minimum atomic E-state index is -1.70. The number of carboxylic acid groups (broad SMARTS) is 2. The average Bonchev–Trinajstić information content (AvgIpc) is 2.87. The van der Waals surface area contributed by atoms with Crippen LogP contribution >= 0.6 is 0 Å². The fourth-order valence-corrected chi connectivity index (χ4v) is 3.61. The summed E-state index contributed by atoms with van der Waals surface area (Å²) in [7, 11) is 0. The Kier molecular flexibility index (Phi) is 11.4. The van der Waals surface area contributed by atoms with Crippen LogP contribution in [-0.4, -0.2) is 64.0 Å². The highest BCUT2D eigenvalue weighted by Crippen LogP contribution is 2.09. The van der Waals surface area contributed by atoms with Gasteiger partial charge in [-0.15, -0.1) is 0 Å². The van der Waals surface area contributed by atoms with Gasteiger partial charge in [-0.25, -0.2) is 4.79 Å². The van der Waals surface area contributed by atoms with Crippen molar-refractivity contribution in [1.29, 1.82) is 0 Å². The summed E-state index contributed by atoms with van der Waals surface area (Å²) in [6.07, 6.45) is -0.734. The second-order valence-corrected chi connectivity index (χ2v) is 9.27. The van der Waals surface area contributed by atoms with Crippen LogP contribution in [0.1, 0.15) is 31.4 Å². The highest BCUT2D eigenvalue weighted by Gasteiger charge is 2.31. The molecule has 0 fully saturated rings. The molecule has 2 aromatic rings. The van der Waals surface area contributed by atoms with Gasteiger partial charge in [-0.1, -0.05) is 74.5 Å². The van der Waals surface area contributed by atoms with Crippen LogP contribution in [0.2, 0.25) is 0 Å². The van der Waals surface area contributed by atoms with Crippen molar-refractivity contribution < 1.29 is 34.2 Å². The van der Waals surface area contributed by atoms with Crippen LogP contribution in [-0.2, 0) is 36.8 Å². The first kappa shape index (κ1) is 30.0. The largest absolute Gasteiger partial charge is 0.481 e. The lowest BCUT2D eigenvalue weighted by molar-refractivity contribution is -0.147. The van der Waals surface area contributed by atoms with Crippen molar-refractivity contribution >= 4 is 29.7 Å². The van der Waals surface area contributed by atoms with Gasteiger partial charge in [0, 0.05) is 12.8 Å². The number of hydrogen-bond donors (Lipinski definition) is 6. The van der Waals surface area contributed by atoms with Gasteiger partial charge in [0.05, 0.1) is 12.5 Å². The van der Waals surface area contributed by atoms with Gasteiger partial charge < -0.3 is 31.9 Å². The lowest BCUT2D eigenvalue weighted by Crippen LogP contribution is -2.58. The number of rotatable bonds is 14. The fourth-order valence-electron chi connectivity index (χ4n) is 3.61. The molecule has 11 nitrogen and oxygen atoms in total. The lowest BCUT2D eigenvalue weighted by Gasteiger charge is -2.26. The molecule has 11 heteroatoms. The van der Waals surface area contributed by atoms with Crippen LogP contribution in [0, 0.1) is 5.92 Å². The Labute approximate surface area is 220 Å². The summed E-state index contributed by atoms with van der Waals surface area (Å²) in [5, 5.41) is 25.8. The van der Waals surface area contributed by atoms with Gasteiger partial charge in [-0.3, -0.25) is 19.2 Å². The SMILES string of the molecule is CC(C)C(N)C(=O)NC(Cc1ccccc1)C(=O)NC(Cc1ccccc1)C(=O)NC(CC(=O)O)C(=O)O. The molecule has 3 amide bonds. The summed E-state index contributed by atoms with van der Waals surface area (Å²) in [5.74, 6) is -5.21. The second-order valence-electron chi connectivity index (χ2n) is 9.27. The number of carbonyl (C=O) groups is 5. The molecular formula is C27H34N4O7. The van der Waals surface area contributed by atoms with E-state index < -0.39 is 60.2 Å². The molecule has 0 aromatic heterocycles. The van der Waals surface area contributed by atoms with Gasteiger partial charge in [0.2, 0.25) is 17.7 Å². The molecule has 0 aliphatic heterocycles. The molecule has 0 saturated heterocycles. The molecular weight excluding hydrogens is 492 g/mol. The fraction of sp³-hybridized carbons (Fsp3) is 0.370. The van der Waals surface area contributed by atoms with Gasteiger partial charge in [0.1, 0.15) is 18.1 Å². The van der Waals surface area contributed by atoms with Gasteiger partial charge in [-0.2, -0.15) is 0 Å². The Balaban J connectivity index is 2.31. The minimum absolute atomic E-state index is 0.00463. The number of hydrogen-bond acceptors (Lipinski definition) is 6. The Hall–Kier alpha value is -4.25. The smallest absolute Gasteiger partial charge is 0.326 e. The first-order chi connectivity index (χ1) is 18.0. The van der Waals surface area contributed by atoms with E-state index in [1.165, 1.54) is 0 Å². The molecule has 0 heterocycles. The van der Waals surface area contributed by atoms with Gasteiger partial charge in [0.25, 0.3) is 0 Å². The van der Waals surface area contributed by atoms with E-state index in [1.807, 2.05) is 6.07 Å². The number of nitrogens with one attached hydrogen (secondary N) is 3. The molecule has 0 aliphatic rings. The van der Waals surface area contributed by atoms with E-state index in [-0.39, 0.29) is 18.8 Å². The van der Waals surface area contributed by atoms with E-state index in [2.05, 4.69) is 16.0 Å². The Bertz CT molecular complexity index is 1110. The quantitative estimate of drug-likeness (QED) is 0.205. The molecule has 204 valence electrons. The molecule has 0 aliphatic carbocycles. The monoisotopic (exact) mass is 526 g/mol. The molecule has 0 spiro atoms. The summed E-state index contributed by atoms with van der Waals surface area (Å²) < 4.78 is 0. The van der Waals surface area contributed by atoms with Crippen LogP contribution in [0.5, 0.6) is 0 Å². The summed E-state index contributed by atoms with van der Waals surface area (Å²) in [5.41, 5.74) is 7.39. The molecule has 0 saturated carbocycles. The van der Waals surface area contributed by atoms with Crippen LogP contribution < -0.4 is 21.7 Å². The average molecular weight is 527 g/mol. The first-order valence-electron chi connectivity index (χ1n) is 12.2. The summed E-state index contributed by atoms with van der Waals surface area (Å²) >= 11 is 0. The number of carboxylic acids is 2. The van der Waals surface area contributed by atoms with Gasteiger partial charge in [-0.05, 0) is 17.0 Å². The molecule has 0 bridgehead atoms. The van der Waals surface area contributed by atoms with Crippen molar-refractivity contribution in [2.45, 2.75) is 57.3 Å². The highest BCUT2D eigenvalue weighted by molar-refractivity contribution is 5.95. The maximum atomic E-state index is 13.4. The van der Waals surface area contributed by atoms with Crippen LogP contribution in [0.3, 0.4) is 0 Å². The molecule has 2 rings (SSSR count). The van der Waals surface area contributed by atoms with E-state index in [0.717, 1.165) is 5.56 Å². The predicted molar refractivity (Wildman–Crippen MR) is 139 cm³/mol. The Morgan fingerprint density at radius 1 is 0.684 bits per heavy atom. The lowest BCUT2D eigenvalue weighted by atomic mass is 10.0. The van der Waals surface area contributed by atoms with Crippen molar-refractivity contribution in [3.8, 4) is 0 Å². The third-order valence-corrected chi connectivity index (χ3v) is 5.85. The molecule has 38 heavy (non-hydrogen) atoms. The number of nitrogens with two attached hydrogens (primary N) is 1. The zero-order chi connectivity index (χ0) is 28.2. The van der Waals surface area contributed by atoms with Crippen molar-refractivity contribution in [3.05, 3.63) is 71.8 Å². The summed E-state index contributed by atoms with van der Waals surface area (Å²) in [6, 6.07) is 12.7. The Morgan fingerprint density at radius 3 is 1.45 bits per heavy atom. The van der Waals surface area contributed by atoms with E-state index in [4.69, 9.17) is 10.8 Å². The van der Waals surface area contributed by atoms with Crippen molar-refractivity contribution in [1.82, 2.24) is 16.0 Å². The number of benzene rings is 2. The van der Waals surface area contributed by atoms with Crippen molar-refractivity contribution in [3.63, 3.8) is 0 Å². The van der Waals surface area contributed by atoms with E-state index in [1.54, 1.807) is 68.4 Å². The van der Waals surface area contributed by atoms with Crippen LogP contribution in [0.15, 0.2) is 60.7 Å². The van der Waals surface area contributed by atoms with E-state index >= 15 is 0 Å². The van der Waals surface area contributed by atoms with Crippen molar-refractivity contribution in [2.24, 2.45) is 11.7 Å². The first-order valence-corrected chi connectivity index (χ1v) is 12.2. The maximum absolute atomic E-state index is 13.4. The molecule has 4 unspecified atom stereocenters. The van der Waals surface area contributed by atoms with E-state index in [0.29, 0.717) is 5.56 Å². The zero-order valence-corrected chi connectivity index (χ0v) is 21.3. The number of aliphatic carboxylic acids is 2. The molecule has 7 N–H and O–H groups in total. The maximum Gasteiger partial charge on any atom is 0.326 e. The summed E-state index contributed by atoms with van der Waals surface area (Å²) in [6.45, 7) is 3.54. The Morgan fingerprint density at radius 2 is 1.08 bits per heavy atom. The van der Waals surface area contributed by atoms with Gasteiger partial charge >= 0.3 is 11.9 Å². The topological polar surface area (TPSA) is 188 Å². The normalized spacial score (nSPS) is 14.0. The van der Waals surface area contributed by atoms with Crippen molar-refractivity contribution in [2.75, 3.05) is 0 Å². The predicted octanol–water partition coefficient (Wildman–Crippen LogP) is 0.469. The number of carbonyl (C=O) groups excluding carboxylic acids is 3. The van der Waals surface area contributed by atoms with Gasteiger partial charge in [0.15, 0.2) is 0 Å². The minimum Gasteiger partial charge on any atom is -0.481 e. The van der Waals surface area contributed by atoms with Crippen LogP contribution in [0.25, 0.3) is 0 Å². The van der Waals surface area contributed by atoms with E-state index in [9.17, 15) is 29.1 Å². The third-order valence-electron chi connectivity index (χ3n) is 5.85. The molecule has 2 aromatic carbocycles. The number of amides is 3. The zero-order valence-electron chi connectivity index (χ0n) is 21.3.